The molecule has 0 saturated carbocycles. The molecule has 0 fully saturated rings. The molecule has 1 aromatic heterocycles. The van der Waals surface area contributed by atoms with Crippen molar-refractivity contribution in [3.8, 4) is 0 Å². The van der Waals surface area contributed by atoms with Crippen LogP contribution in [0, 0.1) is 11.8 Å². The third kappa shape index (κ3) is 4.01. The Morgan fingerprint density at radius 3 is 2.76 bits per heavy atom. The van der Waals surface area contributed by atoms with Crippen LogP contribution in [0.25, 0.3) is 11.0 Å². The Kier molecular flexibility index (Phi) is 5.32. The number of imidazole rings is 1. The molecule has 0 radical (unpaired) electrons. The number of aliphatic carboxylic acids is 1. The number of thioether (sulfide) groups is 1. The summed E-state index contributed by atoms with van der Waals surface area (Å²) in [4.78, 5) is 15.4. The van der Waals surface area contributed by atoms with E-state index in [-0.39, 0.29) is 5.75 Å². The number of fused-ring (bicyclic) bond motifs is 1. The van der Waals surface area contributed by atoms with Crippen LogP contribution in [-0.4, -0.2) is 26.4 Å². The molecule has 0 aliphatic heterocycles. The monoisotopic (exact) mass is 370 g/mol. The first-order valence-corrected chi connectivity index (χ1v) is 8.66. The topological polar surface area (TPSA) is 55.1 Å². The van der Waals surface area contributed by atoms with Crippen molar-refractivity contribution in [2.24, 2.45) is 11.8 Å². The summed E-state index contributed by atoms with van der Waals surface area (Å²) in [7, 11) is 0. The normalized spacial score (nSPS) is 13.0. The number of carboxylic acid groups (broad SMARTS) is 1. The highest BCUT2D eigenvalue weighted by atomic mass is 79.9. The molecule has 6 heteroatoms. The van der Waals surface area contributed by atoms with Crippen molar-refractivity contribution in [3.63, 3.8) is 0 Å². The van der Waals surface area contributed by atoms with Gasteiger partial charge in [-0.3, -0.25) is 4.79 Å². The van der Waals surface area contributed by atoms with Crippen LogP contribution in [0.1, 0.15) is 20.8 Å². The first-order valence-electron chi connectivity index (χ1n) is 6.89. The van der Waals surface area contributed by atoms with E-state index >= 15 is 0 Å². The van der Waals surface area contributed by atoms with Crippen molar-refractivity contribution in [2.75, 3.05) is 5.75 Å². The summed E-state index contributed by atoms with van der Waals surface area (Å²) in [5.74, 6) is 0.259. The number of carboxylic acids is 1. The maximum absolute atomic E-state index is 10.8. The van der Waals surface area contributed by atoms with Crippen molar-refractivity contribution in [1.29, 1.82) is 0 Å². The lowest BCUT2D eigenvalue weighted by Gasteiger charge is -2.18. The van der Waals surface area contributed by atoms with Gasteiger partial charge in [-0.1, -0.05) is 48.5 Å². The van der Waals surface area contributed by atoms with E-state index in [9.17, 15) is 4.79 Å². The van der Waals surface area contributed by atoms with Crippen molar-refractivity contribution < 1.29 is 9.90 Å². The van der Waals surface area contributed by atoms with Gasteiger partial charge in [0.15, 0.2) is 5.16 Å². The summed E-state index contributed by atoms with van der Waals surface area (Å²) >= 11 is 4.77. The SMILES string of the molecule is CC(C)C(C)Cn1c(SCC(=O)O)nc2ccc(Br)cc21. The summed E-state index contributed by atoms with van der Waals surface area (Å²) in [5, 5.41) is 9.67. The summed E-state index contributed by atoms with van der Waals surface area (Å²) in [5.41, 5.74) is 1.95. The molecule has 0 spiro atoms. The van der Waals surface area contributed by atoms with Crippen LogP contribution < -0.4 is 0 Å². The van der Waals surface area contributed by atoms with Crippen LogP contribution >= 0.6 is 27.7 Å². The molecule has 0 aliphatic rings. The second-order valence-electron chi connectivity index (χ2n) is 5.54. The number of carbonyl (C=O) groups is 1. The average molecular weight is 371 g/mol. The Balaban J connectivity index is 2.42. The van der Waals surface area contributed by atoms with Crippen molar-refractivity contribution in [1.82, 2.24) is 9.55 Å². The predicted octanol–water partition coefficient (Wildman–Crippen LogP) is 4.27. The maximum Gasteiger partial charge on any atom is 0.313 e. The number of hydrogen-bond donors (Lipinski definition) is 1. The highest BCUT2D eigenvalue weighted by molar-refractivity contribution is 9.10. The van der Waals surface area contributed by atoms with Gasteiger partial charge in [-0.15, -0.1) is 0 Å². The van der Waals surface area contributed by atoms with E-state index in [0.717, 1.165) is 27.2 Å². The first kappa shape index (κ1) is 16.4. The van der Waals surface area contributed by atoms with Gasteiger partial charge in [0.1, 0.15) is 0 Å². The van der Waals surface area contributed by atoms with E-state index in [1.165, 1.54) is 11.8 Å². The molecule has 2 rings (SSSR count). The predicted molar refractivity (Wildman–Crippen MR) is 89.8 cm³/mol. The molecule has 1 N–H and O–H groups in total. The number of rotatable bonds is 6. The lowest BCUT2D eigenvalue weighted by atomic mass is 9.98. The van der Waals surface area contributed by atoms with Crippen LogP contribution in [0.2, 0.25) is 0 Å². The molecular weight excluding hydrogens is 352 g/mol. The molecule has 0 aliphatic carbocycles. The summed E-state index contributed by atoms with van der Waals surface area (Å²) < 4.78 is 3.14. The van der Waals surface area contributed by atoms with Crippen molar-refractivity contribution >= 4 is 44.7 Å². The Bertz CT molecular complexity index is 654. The molecule has 4 nitrogen and oxygen atoms in total. The summed E-state index contributed by atoms with van der Waals surface area (Å²) in [6.07, 6.45) is 0. The van der Waals surface area contributed by atoms with Gasteiger partial charge in [-0.05, 0) is 30.0 Å². The molecule has 1 heterocycles. The quantitative estimate of drug-likeness (QED) is 0.771. The number of nitrogens with zero attached hydrogens (tertiary/aromatic N) is 2. The molecule has 2 aromatic rings. The third-order valence-electron chi connectivity index (χ3n) is 3.61. The molecule has 114 valence electrons. The summed E-state index contributed by atoms with van der Waals surface area (Å²) in [6, 6.07) is 5.96. The molecule has 1 atom stereocenters. The van der Waals surface area contributed by atoms with E-state index in [1.54, 1.807) is 0 Å². The van der Waals surface area contributed by atoms with Crippen LogP contribution in [-0.2, 0) is 11.3 Å². The number of halogens is 1. The van der Waals surface area contributed by atoms with Crippen LogP contribution in [0.15, 0.2) is 27.8 Å². The molecular formula is C15H19BrN2O2S. The highest BCUT2D eigenvalue weighted by Gasteiger charge is 2.16. The maximum atomic E-state index is 10.8. The van der Waals surface area contributed by atoms with E-state index in [4.69, 9.17) is 5.11 Å². The summed E-state index contributed by atoms with van der Waals surface area (Å²) in [6.45, 7) is 7.44. The fraction of sp³-hybridized carbons (Fsp3) is 0.467. The van der Waals surface area contributed by atoms with Crippen LogP contribution in [0.5, 0.6) is 0 Å². The zero-order valence-corrected chi connectivity index (χ0v) is 14.7. The van der Waals surface area contributed by atoms with Gasteiger partial charge in [0, 0.05) is 11.0 Å². The Hall–Kier alpha value is -1.01. The second-order valence-corrected chi connectivity index (χ2v) is 7.40. The van der Waals surface area contributed by atoms with Gasteiger partial charge in [0.05, 0.1) is 16.8 Å². The Morgan fingerprint density at radius 2 is 2.14 bits per heavy atom. The first-order chi connectivity index (χ1) is 9.88. The fourth-order valence-electron chi connectivity index (χ4n) is 1.99. The zero-order valence-electron chi connectivity index (χ0n) is 12.3. The molecule has 0 amide bonds. The largest absolute Gasteiger partial charge is 0.481 e. The Morgan fingerprint density at radius 1 is 1.43 bits per heavy atom. The van der Waals surface area contributed by atoms with E-state index < -0.39 is 5.97 Å². The molecule has 1 unspecified atom stereocenters. The van der Waals surface area contributed by atoms with E-state index in [0.29, 0.717) is 11.8 Å². The van der Waals surface area contributed by atoms with Gasteiger partial charge >= 0.3 is 5.97 Å². The minimum Gasteiger partial charge on any atom is -0.481 e. The van der Waals surface area contributed by atoms with Gasteiger partial charge in [-0.2, -0.15) is 0 Å². The van der Waals surface area contributed by atoms with Gasteiger partial charge in [-0.25, -0.2) is 4.98 Å². The average Bonchev–Trinajstić information content (AvgIpc) is 2.74. The molecule has 1 aromatic carbocycles. The standard InChI is InChI=1S/C15H19BrN2O2S/c1-9(2)10(3)7-18-13-6-11(16)4-5-12(13)17-15(18)21-8-14(19)20/h4-6,9-10H,7-8H2,1-3H3,(H,19,20). The molecule has 21 heavy (non-hydrogen) atoms. The number of benzene rings is 1. The lowest BCUT2D eigenvalue weighted by molar-refractivity contribution is -0.133. The highest BCUT2D eigenvalue weighted by Crippen LogP contribution is 2.28. The Labute approximate surface area is 137 Å². The third-order valence-corrected chi connectivity index (χ3v) is 5.06. The van der Waals surface area contributed by atoms with Gasteiger partial charge in [0.25, 0.3) is 0 Å². The second kappa shape index (κ2) is 6.83. The van der Waals surface area contributed by atoms with Gasteiger partial charge < -0.3 is 9.67 Å². The molecule has 0 bridgehead atoms. The van der Waals surface area contributed by atoms with E-state index in [2.05, 4.69) is 46.3 Å². The molecule has 0 saturated heterocycles. The lowest BCUT2D eigenvalue weighted by Crippen LogP contribution is -2.14. The van der Waals surface area contributed by atoms with Crippen LogP contribution in [0.4, 0.5) is 0 Å². The van der Waals surface area contributed by atoms with E-state index in [1.807, 2.05) is 18.2 Å². The number of hydrogen-bond acceptors (Lipinski definition) is 3. The minimum absolute atomic E-state index is 0.0283. The fourth-order valence-corrected chi connectivity index (χ4v) is 3.08. The smallest absolute Gasteiger partial charge is 0.313 e. The number of aromatic nitrogens is 2. The minimum atomic E-state index is -0.823. The zero-order chi connectivity index (χ0) is 15.6. The van der Waals surface area contributed by atoms with Gasteiger partial charge in [0.2, 0.25) is 0 Å². The van der Waals surface area contributed by atoms with Crippen molar-refractivity contribution in [3.05, 3.63) is 22.7 Å². The van der Waals surface area contributed by atoms with Crippen LogP contribution in [0.3, 0.4) is 0 Å². The van der Waals surface area contributed by atoms with Crippen molar-refractivity contribution in [2.45, 2.75) is 32.5 Å².